The normalized spacial score (nSPS) is 19.3. The lowest BCUT2D eigenvalue weighted by Crippen LogP contribution is -2.42. The molecule has 0 aliphatic heterocycles. The maximum absolute atomic E-state index is 12.8. The number of fused-ring (bicyclic) bond motifs is 1. The van der Waals surface area contributed by atoms with Crippen molar-refractivity contribution in [2.24, 2.45) is 12.8 Å². The molecule has 0 radical (unpaired) electrons. The van der Waals surface area contributed by atoms with Gasteiger partial charge in [-0.05, 0) is 12.8 Å². The molecule has 1 saturated carbocycles. The number of hydrogen-bond acceptors (Lipinski definition) is 8. The average molecular weight is 396 g/mol. The Hall–Kier alpha value is -3.03. The number of nitrogens with two attached hydrogens (primary N) is 1. The lowest BCUT2D eigenvalue weighted by atomic mass is 9.91. The summed E-state index contributed by atoms with van der Waals surface area (Å²) in [6.07, 6.45) is 7.55. The van der Waals surface area contributed by atoms with E-state index >= 15 is 0 Å². The number of aromatic nitrogens is 4. The number of carbonyl (C=O) groups excluding carboxylic acids is 1. The quantitative estimate of drug-likeness (QED) is 0.615. The highest BCUT2D eigenvalue weighted by molar-refractivity contribution is 7.17. The van der Waals surface area contributed by atoms with Crippen LogP contribution in [0.3, 0.4) is 0 Å². The Kier molecular flexibility index (Phi) is 4.93. The molecule has 1 aliphatic rings. The zero-order chi connectivity index (χ0) is 19.7. The first-order chi connectivity index (χ1) is 13.5. The third-order valence-electron chi connectivity index (χ3n) is 4.86. The van der Waals surface area contributed by atoms with Gasteiger partial charge in [0.2, 0.25) is 0 Å². The van der Waals surface area contributed by atoms with Gasteiger partial charge in [0.05, 0.1) is 17.4 Å². The van der Waals surface area contributed by atoms with Gasteiger partial charge < -0.3 is 16.4 Å². The summed E-state index contributed by atoms with van der Waals surface area (Å²) in [6.45, 7) is 0. The monoisotopic (exact) mass is 396 g/mol. The zero-order valence-electron chi connectivity index (χ0n) is 15.3. The molecule has 0 saturated heterocycles. The Morgan fingerprint density at radius 3 is 3.04 bits per heavy atom. The van der Waals surface area contributed by atoms with Gasteiger partial charge in [-0.25, -0.2) is 9.97 Å². The average Bonchev–Trinajstić information content (AvgIpc) is 3.26. The van der Waals surface area contributed by atoms with E-state index in [-0.39, 0.29) is 23.7 Å². The van der Waals surface area contributed by atoms with Crippen molar-refractivity contribution in [2.45, 2.75) is 37.8 Å². The first-order valence-corrected chi connectivity index (χ1v) is 9.94. The van der Waals surface area contributed by atoms with Crippen LogP contribution in [0.2, 0.25) is 0 Å². The predicted molar refractivity (Wildman–Crippen MR) is 107 cm³/mol. The SMILES string of the molecule is Cn1cc(NC(=O)c2csc3ncc(N[C@@H]4CCCC[C@@H]4N)nc23)c(C#N)n1. The van der Waals surface area contributed by atoms with Crippen molar-refractivity contribution in [2.75, 3.05) is 10.6 Å². The lowest BCUT2D eigenvalue weighted by Gasteiger charge is -2.29. The number of thiophene rings is 1. The highest BCUT2D eigenvalue weighted by atomic mass is 32.1. The number of nitriles is 1. The van der Waals surface area contributed by atoms with Crippen LogP contribution < -0.4 is 16.4 Å². The van der Waals surface area contributed by atoms with Crippen LogP contribution in [0, 0.1) is 11.3 Å². The molecule has 3 aromatic rings. The van der Waals surface area contributed by atoms with E-state index in [1.165, 1.54) is 16.0 Å². The number of hydrogen-bond donors (Lipinski definition) is 3. The van der Waals surface area contributed by atoms with Crippen molar-refractivity contribution in [3.05, 3.63) is 29.0 Å². The minimum Gasteiger partial charge on any atom is -0.364 e. The molecule has 3 aromatic heterocycles. The largest absolute Gasteiger partial charge is 0.364 e. The molecule has 1 aliphatic carbocycles. The summed E-state index contributed by atoms with van der Waals surface area (Å²) in [6, 6.07) is 2.22. The summed E-state index contributed by atoms with van der Waals surface area (Å²) >= 11 is 1.35. The van der Waals surface area contributed by atoms with E-state index in [4.69, 9.17) is 11.0 Å². The molecule has 4 rings (SSSR count). The van der Waals surface area contributed by atoms with Gasteiger partial charge >= 0.3 is 0 Å². The van der Waals surface area contributed by atoms with Gasteiger partial charge in [-0.15, -0.1) is 11.3 Å². The van der Waals surface area contributed by atoms with Crippen molar-refractivity contribution in [1.82, 2.24) is 19.7 Å². The Balaban J connectivity index is 1.59. The smallest absolute Gasteiger partial charge is 0.258 e. The molecular formula is C18H20N8OS. The summed E-state index contributed by atoms with van der Waals surface area (Å²) in [5.41, 5.74) is 7.67. The fourth-order valence-electron chi connectivity index (χ4n) is 3.42. The molecule has 0 spiro atoms. The molecule has 10 heteroatoms. The number of rotatable bonds is 4. The van der Waals surface area contributed by atoms with Gasteiger partial charge in [0.15, 0.2) is 5.69 Å². The maximum Gasteiger partial charge on any atom is 0.258 e. The Labute approximate surface area is 165 Å². The fraction of sp³-hybridized carbons (Fsp3) is 0.389. The highest BCUT2D eigenvalue weighted by Gasteiger charge is 2.23. The van der Waals surface area contributed by atoms with Gasteiger partial charge in [0.25, 0.3) is 5.91 Å². The van der Waals surface area contributed by atoms with Gasteiger partial charge in [0.1, 0.15) is 22.2 Å². The third kappa shape index (κ3) is 3.54. The number of nitrogens with one attached hydrogen (secondary N) is 2. The Morgan fingerprint density at radius 1 is 1.43 bits per heavy atom. The van der Waals surface area contributed by atoms with Crippen LogP contribution in [0.1, 0.15) is 41.7 Å². The van der Waals surface area contributed by atoms with Crippen LogP contribution in [0.5, 0.6) is 0 Å². The van der Waals surface area contributed by atoms with Crippen LogP contribution in [-0.2, 0) is 7.05 Å². The van der Waals surface area contributed by atoms with Crippen LogP contribution >= 0.6 is 11.3 Å². The number of nitrogens with zero attached hydrogens (tertiary/aromatic N) is 5. The maximum atomic E-state index is 12.8. The van der Waals surface area contributed by atoms with E-state index in [1.807, 2.05) is 6.07 Å². The van der Waals surface area contributed by atoms with Crippen LogP contribution in [0.15, 0.2) is 17.8 Å². The molecule has 4 N–H and O–H groups in total. The summed E-state index contributed by atoms with van der Waals surface area (Å²) in [5.74, 6) is 0.262. The molecule has 0 bridgehead atoms. The first kappa shape index (κ1) is 18.3. The molecule has 3 heterocycles. The second kappa shape index (κ2) is 7.53. The van der Waals surface area contributed by atoms with Crippen LogP contribution in [0.25, 0.3) is 10.3 Å². The second-order valence-corrected chi connectivity index (χ2v) is 7.75. The summed E-state index contributed by atoms with van der Waals surface area (Å²) < 4.78 is 1.48. The molecule has 0 aromatic carbocycles. The fourth-order valence-corrected chi connectivity index (χ4v) is 4.25. The van der Waals surface area contributed by atoms with Crippen molar-refractivity contribution in [3.8, 4) is 6.07 Å². The zero-order valence-corrected chi connectivity index (χ0v) is 16.2. The van der Waals surface area contributed by atoms with Gasteiger partial charge in [-0.1, -0.05) is 12.8 Å². The van der Waals surface area contributed by atoms with E-state index in [1.54, 1.807) is 24.8 Å². The standard InChI is InChI=1S/C18H20N8OS/c1-26-8-14(13(6-19)25-26)23-17(27)10-9-28-18-16(10)24-15(7-21-18)22-12-5-3-2-4-11(12)20/h7-9,11-12H,2-5,20H2,1H3,(H,22,24)(H,23,27)/t11-,12+/m0/s1. The molecule has 1 fully saturated rings. The van der Waals surface area contributed by atoms with Crippen LogP contribution in [0.4, 0.5) is 11.5 Å². The molecule has 28 heavy (non-hydrogen) atoms. The molecule has 2 atom stereocenters. The Bertz CT molecular complexity index is 1070. The van der Waals surface area contributed by atoms with Gasteiger partial charge in [-0.3, -0.25) is 9.48 Å². The predicted octanol–water partition coefficient (Wildman–Crippen LogP) is 2.23. The highest BCUT2D eigenvalue weighted by Crippen LogP contribution is 2.26. The first-order valence-electron chi connectivity index (χ1n) is 9.06. The number of amides is 1. The third-order valence-corrected chi connectivity index (χ3v) is 5.74. The van der Waals surface area contributed by atoms with E-state index in [0.717, 1.165) is 25.7 Å². The van der Waals surface area contributed by atoms with E-state index < -0.39 is 0 Å². The molecule has 144 valence electrons. The number of anilines is 2. The van der Waals surface area contributed by atoms with E-state index in [2.05, 4.69) is 25.7 Å². The summed E-state index contributed by atoms with van der Waals surface area (Å²) in [4.78, 5) is 22.5. The topological polar surface area (TPSA) is 135 Å². The molecular weight excluding hydrogens is 376 g/mol. The molecule has 0 unspecified atom stereocenters. The van der Waals surface area contributed by atoms with E-state index in [0.29, 0.717) is 27.4 Å². The number of carbonyl (C=O) groups is 1. The van der Waals surface area contributed by atoms with Gasteiger partial charge in [-0.2, -0.15) is 10.4 Å². The van der Waals surface area contributed by atoms with Crippen molar-refractivity contribution in [1.29, 1.82) is 5.26 Å². The van der Waals surface area contributed by atoms with E-state index in [9.17, 15) is 4.79 Å². The number of aryl methyl sites for hydroxylation is 1. The lowest BCUT2D eigenvalue weighted by molar-refractivity contribution is 0.102. The van der Waals surface area contributed by atoms with Crippen molar-refractivity contribution >= 4 is 39.1 Å². The van der Waals surface area contributed by atoms with Crippen molar-refractivity contribution < 1.29 is 4.79 Å². The van der Waals surface area contributed by atoms with Gasteiger partial charge in [0, 0.05) is 30.7 Å². The molecule has 9 nitrogen and oxygen atoms in total. The summed E-state index contributed by atoms with van der Waals surface area (Å²) in [5, 5.41) is 21.0. The summed E-state index contributed by atoms with van der Waals surface area (Å²) in [7, 11) is 1.69. The molecule has 1 amide bonds. The Morgan fingerprint density at radius 2 is 2.25 bits per heavy atom. The van der Waals surface area contributed by atoms with Crippen LogP contribution in [-0.4, -0.2) is 37.7 Å². The minimum atomic E-state index is -0.350. The minimum absolute atomic E-state index is 0.0893. The van der Waals surface area contributed by atoms with Crippen molar-refractivity contribution in [3.63, 3.8) is 0 Å². The second-order valence-electron chi connectivity index (χ2n) is 6.89.